The summed E-state index contributed by atoms with van der Waals surface area (Å²) in [5, 5.41) is 22.9. The van der Waals surface area contributed by atoms with Crippen LogP contribution in [0.3, 0.4) is 0 Å². The van der Waals surface area contributed by atoms with Gasteiger partial charge in [-0.2, -0.15) is 0 Å². The number of nitrogens with one attached hydrogen (secondary N) is 1. The molecule has 0 aliphatic rings. The maximum Gasteiger partial charge on any atom is 0.407 e. The number of benzene rings is 3. The Morgan fingerprint density at radius 2 is 1.58 bits per heavy atom. The Kier molecular flexibility index (Phi) is 7.98. The smallest absolute Gasteiger partial charge is 0.407 e. The van der Waals surface area contributed by atoms with Crippen molar-refractivity contribution in [3.63, 3.8) is 0 Å². The minimum absolute atomic E-state index is 0.0756. The van der Waals surface area contributed by atoms with Gasteiger partial charge >= 0.3 is 6.09 Å². The highest BCUT2D eigenvalue weighted by Crippen LogP contribution is 2.21. The average Bonchev–Trinajstić information content (AvgIpc) is 2.81. The average molecular weight is 425 g/mol. The summed E-state index contributed by atoms with van der Waals surface area (Å²) >= 11 is 0. The van der Waals surface area contributed by atoms with Gasteiger partial charge in [-0.3, -0.25) is 0 Å². The fourth-order valence-electron chi connectivity index (χ4n) is 2.83. The fourth-order valence-corrected chi connectivity index (χ4v) is 2.83. The molecule has 0 heterocycles. The number of rotatable bonds is 9. The third kappa shape index (κ3) is 6.80. The molecule has 0 aromatic heterocycles. The van der Waals surface area contributed by atoms with Crippen molar-refractivity contribution in [1.82, 2.24) is 5.32 Å². The molecule has 0 aliphatic heterocycles. The number of ether oxygens (including phenoxy) is 2. The lowest BCUT2D eigenvalue weighted by atomic mass is 10.0. The lowest BCUT2D eigenvalue weighted by Gasteiger charge is -2.19. The van der Waals surface area contributed by atoms with E-state index >= 15 is 0 Å². The number of hydrogen-bond acceptors (Lipinski definition) is 5. The van der Waals surface area contributed by atoms with E-state index < -0.39 is 18.3 Å². The highest BCUT2D eigenvalue weighted by molar-refractivity contribution is 5.67. The van der Waals surface area contributed by atoms with Gasteiger partial charge in [0.15, 0.2) is 0 Å². The molecule has 6 nitrogen and oxygen atoms in total. The van der Waals surface area contributed by atoms with Gasteiger partial charge in [0.05, 0.1) is 0 Å². The van der Waals surface area contributed by atoms with Crippen molar-refractivity contribution < 1.29 is 28.9 Å². The molecule has 2 unspecified atom stereocenters. The molecule has 0 fully saturated rings. The molecule has 162 valence electrons. The van der Waals surface area contributed by atoms with Gasteiger partial charge in [-0.25, -0.2) is 9.18 Å². The number of aliphatic hydroxyl groups excluding tert-OH is 2. The minimum Gasteiger partial charge on any atom is -0.489 e. The lowest BCUT2D eigenvalue weighted by molar-refractivity contribution is 0.0184. The standard InChI is InChI=1S/C24H24FNO5/c25-21-9-5-4-8-19(21)16-30-20-12-10-18(11-13-20)23(28)22(27)14-26-24(29)31-15-17-6-2-1-3-7-17/h1-13,22-23,27-28H,14-16H2,(H,26,29). The molecule has 7 heteroatoms. The van der Waals surface area contributed by atoms with Gasteiger partial charge in [0.2, 0.25) is 0 Å². The van der Waals surface area contributed by atoms with Crippen LogP contribution in [-0.4, -0.2) is 29.0 Å². The van der Waals surface area contributed by atoms with Crippen LogP contribution in [0.5, 0.6) is 5.75 Å². The molecule has 3 N–H and O–H groups in total. The number of aliphatic hydroxyl groups is 2. The summed E-state index contributed by atoms with van der Waals surface area (Å²) in [5.41, 5.74) is 1.73. The van der Waals surface area contributed by atoms with Gasteiger partial charge in [0, 0.05) is 12.1 Å². The SMILES string of the molecule is O=C(NCC(O)C(O)c1ccc(OCc2ccccc2F)cc1)OCc1ccccc1. The van der Waals surface area contributed by atoms with Crippen LogP contribution in [0.1, 0.15) is 22.8 Å². The van der Waals surface area contributed by atoms with Crippen LogP contribution in [0.4, 0.5) is 9.18 Å². The summed E-state index contributed by atoms with van der Waals surface area (Å²) in [4.78, 5) is 11.8. The molecule has 0 radical (unpaired) electrons. The van der Waals surface area contributed by atoms with Crippen molar-refractivity contribution in [2.75, 3.05) is 6.54 Å². The van der Waals surface area contributed by atoms with Gasteiger partial charge in [-0.1, -0.05) is 60.7 Å². The van der Waals surface area contributed by atoms with E-state index in [4.69, 9.17) is 9.47 Å². The molecular weight excluding hydrogens is 401 g/mol. The molecular formula is C24H24FNO5. The van der Waals surface area contributed by atoms with E-state index in [0.29, 0.717) is 16.9 Å². The highest BCUT2D eigenvalue weighted by Gasteiger charge is 2.19. The predicted molar refractivity (Wildman–Crippen MR) is 113 cm³/mol. The number of amides is 1. The summed E-state index contributed by atoms with van der Waals surface area (Å²) in [6.45, 7) is 0.00615. The van der Waals surface area contributed by atoms with Gasteiger partial charge < -0.3 is 25.0 Å². The van der Waals surface area contributed by atoms with Crippen LogP contribution in [0.25, 0.3) is 0 Å². The number of carbonyl (C=O) groups is 1. The number of hydrogen-bond donors (Lipinski definition) is 3. The number of alkyl carbamates (subject to hydrolysis) is 1. The first-order chi connectivity index (χ1) is 15.0. The molecule has 31 heavy (non-hydrogen) atoms. The second kappa shape index (κ2) is 11.1. The van der Waals surface area contributed by atoms with Gasteiger partial charge in [-0.15, -0.1) is 0 Å². The molecule has 1 amide bonds. The number of carbonyl (C=O) groups excluding carboxylic acids is 1. The molecule has 3 aromatic rings. The van der Waals surface area contributed by atoms with E-state index in [1.807, 2.05) is 30.3 Å². The summed E-state index contributed by atoms with van der Waals surface area (Å²) in [6, 6.07) is 22.0. The molecule has 2 atom stereocenters. The first kappa shape index (κ1) is 22.3. The maximum absolute atomic E-state index is 13.6. The highest BCUT2D eigenvalue weighted by atomic mass is 19.1. The van der Waals surface area contributed by atoms with Crippen LogP contribution >= 0.6 is 0 Å². The van der Waals surface area contributed by atoms with E-state index in [1.165, 1.54) is 6.07 Å². The third-order valence-corrected chi connectivity index (χ3v) is 4.61. The van der Waals surface area contributed by atoms with Crippen LogP contribution in [0.2, 0.25) is 0 Å². The van der Waals surface area contributed by atoms with Crippen molar-refractivity contribution >= 4 is 6.09 Å². The van der Waals surface area contributed by atoms with Crippen LogP contribution in [-0.2, 0) is 18.0 Å². The van der Waals surface area contributed by atoms with Gasteiger partial charge in [0.1, 0.15) is 37.0 Å². The topological polar surface area (TPSA) is 88.0 Å². The van der Waals surface area contributed by atoms with E-state index in [2.05, 4.69) is 5.32 Å². The second-order valence-electron chi connectivity index (χ2n) is 6.90. The Bertz CT molecular complexity index is 965. The minimum atomic E-state index is -1.23. The first-order valence-electron chi connectivity index (χ1n) is 9.80. The van der Waals surface area contributed by atoms with E-state index in [-0.39, 0.29) is 25.6 Å². The molecule has 0 saturated heterocycles. The molecule has 0 spiro atoms. The summed E-state index contributed by atoms with van der Waals surface area (Å²) in [5.74, 6) is 0.156. The zero-order valence-electron chi connectivity index (χ0n) is 16.8. The van der Waals surface area contributed by atoms with E-state index in [0.717, 1.165) is 5.56 Å². The summed E-state index contributed by atoms with van der Waals surface area (Å²) in [7, 11) is 0. The van der Waals surface area contributed by atoms with Crippen molar-refractivity contribution in [3.05, 3.63) is 101 Å². The molecule has 0 aliphatic carbocycles. The zero-order valence-corrected chi connectivity index (χ0v) is 16.8. The normalized spacial score (nSPS) is 12.6. The Labute approximate surface area is 179 Å². The maximum atomic E-state index is 13.6. The Hall–Kier alpha value is -3.42. The summed E-state index contributed by atoms with van der Waals surface area (Å²) < 4.78 is 24.3. The van der Waals surface area contributed by atoms with E-state index in [1.54, 1.807) is 42.5 Å². The Morgan fingerprint density at radius 3 is 2.29 bits per heavy atom. The van der Waals surface area contributed by atoms with Gasteiger partial charge in [0.25, 0.3) is 0 Å². The second-order valence-corrected chi connectivity index (χ2v) is 6.90. The zero-order chi connectivity index (χ0) is 22.1. The molecule has 3 rings (SSSR count). The van der Waals surface area contributed by atoms with Crippen molar-refractivity contribution in [1.29, 1.82) is 0 Å². The monoisotopic (exact) mass is 425 g/mol. The van der Waals surface area contributed by atoms with Crippen LogP contribution in [0.15, 0.2) is 78.9 Å². The van der Waals surface area contributed by atoms with Crippen molar-refractivity contribution in [3.8, 4) is 5.75 Å². The third-order valence-electron chi connectivity index (χ3n) is 4.61. The van der Waals surface area contributed by atoms with Gasteiger partial charge in [-0.05, 0) is 29.3 Å². The Morgan fingerprint density at radius 1 is 0.903 bits per heavy atom. The molecule has 0 saturated carbocycles. The van der Waals surface area contributed by atoms with Crippen LogP contribution < -0.4 is 10.1 Å². The van der Waals surface area contributed by atoms with E-state index in [9.17, 15) is 19.4 Å². The Balaban J connectivity index is 1.43. The number of halogens is 1. The molecule has 3 aromatic carbocycles. The largest absolute Gasteiger partial charge is 0.489 e. The summed E-state index contributed by atoms with van der Waals surface area (Å²) in [6.07, 6.45) is -3.13. The predicted octanol–water partition coefficient (Wildman–Crippen LogP) is 3.73. The lowest BCUT2D eigenvalue weighted by Crippen LogP contribution is -2.35. The van der Waals surface area contributed by atoms with Crippen molar-refractivity contribution in [2.45, 2.75) is 25.4 Å². The molecule has 0 bridgehead atoms. The fraction of sp³-hybridized carbons (Fsp3) is 0.208. The van der Waals surface area contributed by atoms with Crippen molar-refractivity contribution in [2.24, 2.45) is 0 Å². The quantitative estimate of drug-likeness (QED) is 0.486. The van der Waals surface area contributed by atoms with Crippen LogP contribution in [0, 0.1) is 5.82 Å². The first-order valence-corrected chi connectivity index (χ1v) is 9.80.